The molecule has 1 N–H and O–H groups in total. The average molecular weight is 377 g/mol. The number of nitrogens with one attached hydrogen (secondary N) is 1. The third-order valence-corrected chi connectivity index (χ3v) is 5.86. The number of ether oxygens (including phenoxy) is 1. The Morgan fingerprint density at radius 2 is 1.79 bits per heavy atom. The minimum Gasteiger partial charge on any atom is -0.494 e. The fourth-order valence-electron chi connectivity index (χ4n) is 4.08. The zero-order valence-corrected chi connectivity index (χ0v) is 16.7. The summed E-state index contributed by atoms with van der Waals surface area (Å²) in [6, 6.07) is 16.3. The number of anilines is 1. The summed E-state index contributed by atoms with van der Waals surface area (Å²) in [5.41, 5.74) is 2.89. The Labute approximate surface area is 165 Å². The first-order valence-electron chi connectivity index (χ1n) is 9.89. The predicted octanol–water partition coefficient (Wildman–Crippen LogP) is 4.50. The summed E-state index contributed by atoms with van der Waals surface area (Å²) in [5, 5.41) is 16.7. The molecule has 2 aromatic carbocycles. The van der Waals surface area contributed by atoms with E-state index in [4.69, 9.17) is 4.74 Å². The summed E-state index contributed by atoms with van der Waals surface area (Å²) in [6.45, 7) is 4.45. The lowest BCUT2D eigenvalue weighted by Gasteiger charge is -2.40. The standard InChI is InChI=1S/C22H27N5O/c1-16-12-14-22(15-13-16,23-18-9-5-4-8-17(18)2)21-24-25-26-27(21)19-10-6-7-11-20(19)28-3/h4-11,16,23H,12-15H2,1-3H3. The summed E-state index contributed by atoms with van der Waals surface area (Å²) in [6.07, 6.45) is 4.24. The topological polar surface area (TPSA) is 64.9 Å². The van der Waals surface area contributed by atoms with Crippen molar-refractivity contribution >= 4 is 5.69 Å². The second-order valence-electron chi connectivity index (χ2n) is 7.79. The van der Waals surface area contributed by atoms with Gasteiger partial charge in [-0.25, -0.2) is 0 Å². The van der Waals surface area contributed by atoms with Gasteiger partial charge in [0.1, 0.15) is 11.4 Å². The van der Waals surface area contributed by atoms with Crippen LogP contribution in [0.2, 0.25) is 0 Å². The van der Waals surface area contributed by atoms with Crippen LogP contribution < -0.4 is 10.1 Å². The predicted molar refractivity (Wildman–Crippen MR) is 110 cm³/mol. The van der Waals surface area contributed by atoms with Crippen LogP contribution in [0.25, 0.3) is 5.69 Å². The van der Waals surface area contributed by atoms with E-state index in [1.54, 1.807) is 7.11 Å². The SMILES string of the molecule is COc1ccccc1-n1nnnc1C1(Nc2ccccc2C)CCC(C)CC1. The van der Waals surface area contributed by atoms with E-state index in [9.17, 15) is 0 Å². The Hall–Kier alpha value is -2.89. The highest BCUT2D eigenvalue weighted by Gasteiger charge is 2.41. The molecule has 1 fully saturated rings. The molecule has 28 heavy (non-hydrogen) atoms. The molecule has 0 saturated heterocycles. The summed E-state index contributed by atoms with van der Waals surface area (Å²) in [4.78, 5) is 0. The number of hydrogen-bond acceptors (Lipinski definition) is 5. The zero-order valence-electron chi connectivity index (χ0n) is 16.7. The summed E-state index contributed by atoms with van der Waals surface area (Å²) in [7, 11) is 1.67. The number of aryl methyl sites for hydroxylation is 1. The Morgan fingerprint density at radius 3 is 2.54 bits per heavy atom. The Kier molecular flexibility index (Phi) is 5.03. The Balaban J connectivity index is 1.81. The average Bonchev–Trinajstić information content (AvgIpc) is 3.22. The van der Waals surface area contributed by atoms with Crippen molar-refractivity contribution in [3.05, 3.63) is 59.9 Å². The van der Waals surface area contributed by atoms with Gasteiger partial charge in [0.25, 0.3) is 0 Å². The maximum atomic E-state index is 5.56. The molecule has 0 aliphatic heterocycles. The van der Waals surface area contributed by atoms with E-state index in [0.717, 1.165) is 48.6 Å². The molecule has 0 amide bonds. The summed E-state index contributed by atoms with van der Waals surface area (Å²) < 4.78 is 7.40. The van der Waals surface area contributed by atoms with Gasteiger partial charge in [-0.3, -0.25) is 0 Å². The van der Waals surface area contributed by atoms with Gasteiger partial charge in [-0.15, -0.1) is 5.10 Å². The maximum absolute atomic E-state index is 5.56. The van der Waals surface area contributed by atoms with Gasteiger partial charge >= 0.3 is 0 Å². The number of aromatic nitrogens is 4. The lowest BCUT2D eigenvalue weighted by atomic mass is 9.76. The summed E-state index contributed by atoms with van der Waals surface area (Å²) in [5.74, 6) is 2.31. The van der Waals surface area contributed by atoms with Crippen LogP contribution in [0.4, 0.5) is 5.69 Å². The van der Waals surface area contributed by atoms with E-state index in [2.05, 4.69) is 59.0 Å². The van der Waals surface area contributed by atoms with Gasteiger partial charge in [0.15, 0.2) is 5.82 Å². The second kappa shape index (κ2) is 7.62. The molecule has 0 atom stereocenters. The van der Waals surface area contributed by atoms with Crippen LogP contribution >= 0.6 is 0 Å². The molecule has 1 aliphatic rings. The molecular formula is C22H27N5O. The first-order chi connectivity index (χ1) is 13.6. The fourth-order valence-corrected chi connectivity index (χ4v) is 4.08. The normalized spacial score (nSPS) is 22.0. The van der Waals surface area contributed by atoms with E-state index in [-0.39, 0.29) is 5.54 Å². The van der Waals surface area contributed by atoms with Gasteiger partial charge in [0.05, 0.1) is 12.6 Å². The monoisotopic (exact) mass is 377 g/mol. The van der Waals surface area contributed by atoms with E-state index in [1.807, 2.05) is 28.9 Å². The molecule has 6 nitrogen and oxygen atoms in total. The number of tetrazole rings is 1. The van der Waals surface area contributed by atoms with Crippen molar-refractivity contribution in [2.75, 3.05) is 12.4 Å². The van der Waals surface area contributed by atoms with Gasteiger partial charge < -0.3 is 10.1 Å². The zero-order chi connectivity index (χ0) is 19.6. The fraction of sp³-hybridized carbons (Fsp3) is 0.409. The third kappa shape index (κ3) is 3.35. The van der Waals surface area contributed by atoms with Crippen LogP contribution in [0.5, 0.6) is 5.75 Å². The first-order valence-corrected chi connectivity index (χ1v) is 9.89. The van der Waals surface area contributed by atoms with Crippen LogP contribution in [-0.2, 0) is 5.54 Å². The highest BCUT2D eigenvalue weighted by atomic mass is 16.5. The Morgan fingerprint density at radius 1 is 1.07 bits per heavy atom. The number of benzene rings is 2. The first kappa shape index (κ1) is 18.5. The van der Waals surface area contributed by atoms with E-state index < -0.39 is 0 Å². The second-order valence-corrected chi connectivity index (χ2v) is 7.79. The van der Waals surface area contributed by atoms with Crippen LogP contribution in [0.15, 0.2) is 48.5 Å². The highest BCUT2D eigenvalue weighted by Crippen LogP contribution is 2.42. The Bertz CT molecular complexity index is 943. The number of nitrogens with zero attached hydrogens (tertiary/aromatic N) is 4. The molecule has 4 rings (SSSR count). The quantitative estimate of drug-likeness (QED) is 0.709. The van der Waals surface area contributed by atoms with E-state index in [1.165, 1.54) is 5.56 Å². The minimum absolute atomic E-state index is 0.316. The van der Waals surface area contributed by atoms with Crippen molar-refractivity contribution in [2.24, 2.45) is 5.92 Å². The van der Waals surface area contributed by atoms with Gasteiger partial charge in [-0.05, 0) is 72.7 Å². The van der Waals surface area contributed by atoms with Crippen molar-refractivity contribution in [2.45, 2.75) is 45.1 Å². The molecule has 0 spiro atoms. The van der Waals surface area contributed by atoms with E-state index >= 15 is 0 Å². The molecule has 146 valence electrons. The molecule has 1 heterocycles. The molecule has 1 saturated carbocycles. The van der Waals surface area contributed by atoms with Crippen LogP contribution in [0.3, 0.4) is 0 Å². The van der Waals surface area contributed by atoms with Crippen molar-refractivity contribution in [3.8, 4) is 11.4 Å². The van der Waals surface area contributed by atoms with Crippen molar-refractivity contribution in [1.82, 2.24) is 20.2 Å². The smallest absolute Gasteiger partial charge is 0.182 e. The van der Waals surface area contributed by atoms with Crippen molar-refractivity contribution < 1.29 is 4.74 Å². The largest absolute Gasteiger partial charge is 0.494 e. The molecule has 1 aliphatic carbocycles. The third-order valence-electron chi connectivity index (χ3n) is 5.86. The van der Waals surface area contributed by atoms with Crippen LogP contribution in [0, 0.1) is 12.8 Å². The van der Waals surface area contributed by atoms with Gasteiger partial charge in [-0.2, -0.15) is 4.68 Å². The lowest BCUT2D eigenvalue weighted by Crippen LogP contribution is -2.41. The molecule has 6 heteroatoms. The van der Waals surface area contributed by atoms with Crippen molar-refractivity contribution in [3.63, 3.8) is 0 Å². The lowest BCUT2D eigenvalue weighted by molar-refractivity contribution is 0.254. The van der Waals surface area contributed by atoms with Gasteiger partial charge in [0.2, 0.25) is 0 Å². The number of rotatable bonds is 5. The number of hydrogen-bond donors (Lipinski definition) is 1. The molecular weight excluding hydrogens is 350 g/mol. The van der Waals surface area contributed by atoms with Crippen molar-refractivity contribution in [1.29, 1.82) is 0 Å². The van der Waals surface area contributed by atoms with Crippen LogP contribution in [0.1, 0.15) is 44.0 Å². The molecule has 1 aromatic heterocycles. The van der Waals surface area contributed by atoms with Gasteiger partial charge in [-0.1, -0.05) is 37.3 Å². The van der Waals surface area contributed by atoms with Gasteiger partial charge in [0, 0.05) is 5.69 Å². The maximum Gasteiger partial charge on any atom is 0.182 e. The summed E-state index contributed by atoms with van der Waals surface area (Å²) >= 11 is 0. The molecule has 3 aromatic rings. The van der Waals surface area contributed by atoms with E-state index in [0.29, 0.717) is 5.92 Å². The minimum atomic E-state index is -0.316. The molecule has 0 radical (unpaired) electrons. The highest BCUT2D eigenvalue weighted by molar-refractivity contribution is 5.54. The molecule has 0 bridgehead atoms. The number of para-hydroxylation sites is 3. The molecule has 0 unspecified atom stereocenters. The van der Waals surface area contributed by atoms with Crippen LogP contribution in [-0.4, -0.2) is 27.3 Å². The number of methoxy groups -OCH3 is 1.